The lowest BCUT2D eigenvalue weighted by Crippen LogP contribution is -2.54. The summed E-state index contributed by atoms with van der Waals surface area (Å²) in [6, 6.07) is 10.4. The lowest BCUT2D eigenvalue weighted by atomic mass is 9.46. The van der Waals surface area contributed by atoms with Gasteiger partial charge in [-0.2, -0.15) is 0 Å². The summed E-state index contributed by atoms with van der Waals surface area (Å²) in [7, 11) is 0. The van der Waals surface area contributed by atoms with Crippen LogP contribution in [0.2, 0.25) is 0 Å². The number of benzene rings is 1. The lowest BCUT2D eigenvalue weighted by molar-refractivity contribution is -0.0976. The largest absolute Gasteiger partial charge is 0.393 e. The third-order valence-electron chi connectivity index (χ3n) is 10.6. The Bertz CT molecular complexity index is 1020. The zero-order valence-corrected chi connectivity index (χ0v) is 21.3. The highest BCUT2D eigenvalue weighted by atomic mass is 16.3. The molecule has 176 valence electrons. The summed E-state index contributed by atoms with van der Waals surface area (Å²) in [6.45, 7) is 12.1. The number of rotatable bonds is 2. The van der Waals surface area contributed by atoms with Crippen molar-refractivity contribution in [3.8, 4) is 11.8 Å². The number of hydrogen-bond donors (Lipinski definition) is 1. The third kappa shape index (κ3) is 3.56. The highest BCUT2D eigenvalue weighted by Gasteiger charge is 2.58. The minimum Gasteiger partial charge on any atom is -0.393 e. The number of hydrogen-bond acceptors (Lipinski definition) is 1. The standard InChI is InChI=1S/C32H42O/c1-22(10-9-13-23-11-7-6-8-12-23)25-15-16-26-24-14-17-28-30(2,3)29(33)19-21-32(28,5)27(24)18-20-31(25,26)4/h6-8,11-12,14,17,22,25,27-29,33H,10,15-16,18-21H2,1-5H3/t22-,25-,27+,28+,29+,31-,32-/m1/s1. The van der Waals surface area contributed by atoms with E-state index in [0.717, 1.165) is 30.7 Å². The van der Waals surface area contributed by atoms with Gasteiger partial charge in [0.05, 0.1) is 6.10 Å². The van der Waals surface area contributed by atoms with Crippen LogP contribution in [0.3, 0.4) is 0 Å². The predicted molar refractivity (Wildman–Crippen MR) is 137 cm³/mol. The lowest BCUT2D eigenvalue weighted by Gasteiger charge is -2.59. The molecule has 0 heterocycles. The fourth-order valence-corrected chi connectivity index (χ4v) is 8.63. The molecule has 0 spiro atoms. The normalized spacial score (nSPS) is 39.7. The molecule has 0 amide bonds. The summed E-state index contributed by atoms with van der Waals surface area (Å²) in [5, 5.41) is 10.8. The van der Waals surface area contributed by atoms with Gasteiger partial charge in [0.1, 0.15) is 0 Å². The van der Waals surface area contributed by atoms with E-state index in [-0.39, 0.29) is 16.9 Å². The quantitative estimate of drug-likeness (QED) is 0.469. The van der Waals surface area contributed by atoms with Crippen LogP contribution in [0.4, 0.5) is 0 Å². The molecule has 0 bridgehead atoms. The van der Waals surface area contributed by atoms with E-state index in [9.17, 15) is 5.11 Å². The highest BCUT2D eigenvalue weighted by Crippen LogP contribution is 2.66. The van der Waals surface area contributed by atoms with E-state index >= 15 is 0 Å². The van der Waals surface area contributed by atoms with Gasteiger partial charge < -0.3 is 5.11 Å². The molecule has 0 aliphatic heterocycles. The van der Waals surface area contributed by atoms with Gasteiger partial charge in [0.15, 0.2) is 0 Å². The summed E-state index contributed by atoms with van der Waals surface area (Å²) < 4.78 is 0. The van der Waals surface area contributed by atoms with E-state index in [0.29, 0.717) is 23.2 Å². The molecule has 4 aliphatic carbocycles. The van der Waals surface area contributed by atoms with Gasteiger partial charge in [-0.25, -0.2) is 0 Å². The van der Waals surface area contributed by atoms with Crippen LogP contribution in [0.15, 0.2) is 53.6 Å². The molecular weight excluding hydrogens is 400 g/mol. The van der Waals surface area contributed by atoms with E-state index in [4.69, 9.17) is 0 Å². The molecule has 1 N–H and O–H groups in total. The topological polar surface area (TPSA) is 20.2 Å². The maximum absolute atomic E-state index is 10.8. The maximum atomic E-state index is 10.8. The van der Waals surface area contributed by atoms with E-state index < -0.39 is 0 Å². The molecule has 0 saturated heterocycles. The molecule has 33 heavy (non-hydrogen) atoms. The van der Waals surface area contributed by atoms with Crippen LogP contribution in [0.25, 0.3) is 0 Å². The van der Waals surface area contributed by atoms with Crippen LogP contribution in [0.1, 0.15) is 85.1 Å². The van der Waals surface area contributed by atoms with Crippen molar-refractivity contribution in [1.29, 1.82) is 0 Å². The molecule has 0 radical (unpaired) electrons. The van der Waals surface area contributed by atoms with Crippen molar-refractivity contribution in [2.24, 2.45) is 39.9 Å². The predicted octanol–water partition coefficient (Wildman–Crippen LogP) is 7.56. The van der Waals surface area contributed by atoms with Crippen molar-refractivity contribution in [3.05, 3.63) is 59.2 Å². The van der Waals surface area contributed by atoms with Crippen molar-refractivity contribution in [1.82, 2.24) is 0 Å². The first-order valence-electron chi connectivity index (χ1n) is 13.3. The van der Waals surface area contributed by atoms with Crippen LogP contribution in [-0.2, 0) is 0 Å². The van der Waals surface area contributed by atoms with E-state index in [2.05, 4.69) is 88.9 Å². The van der Waals surface area contributed by atoms with Crippen LogP contribution >= 0.6 is 0 Å². The minimum atomic E-state index is -0.183. The fraction of sp³-hybridized carbons (Fsp3) is 0.625. The fourth-order valence-electron chi connectivity index (χ4n) is 8.63. The maximum Gasteiger partial charge on any atom is 0.0597 e. The van der Waals surface area contributed by atoms with Gasteiger partial charge in [0.2, 0.25) is 0 Å². The molecule has 0 aromatic heterocycles. The van der Waals surface area contributed by atoms with Crippen LogP contribution in [0, 0.1) is 51.8 Å². The molecule has 1 heteroatoms. The van der Waals surface area contributed by atoms with Gasteiger partial charge in [0, 0.05) is 12.0 Å². The first-order chi connectivity index (χ1) is 15.7. The molecular formula is C32H42O. The Morgan fingerprint density at radius 2 is 1.79 bits per heavy atom. The summed E-state index contributed by atoms with van der Waals surface area (Å²) in [5.41, 5.74) is 5.15. The summed E-state index contributed by atoms with van der Waals surface area (Å²) in [5.74, 6) is 9.37. The summed E-state index contributed by atoms with van der Waals surface area (Å²) >= 11 is 0. The zero-order chi connectivity index (χ0) is 23.4. The second-order valence-electron chi connectivity index (χ2n) is 12.7. The first kappa shape index (κ1) is 23.0. The number of aliphatic hydroxyl groups excluding tert-OH is 1. The molecule has 1 aromatic carbocycles. The van der Waals surface area contributed by atoms with Crippen LogP contribution < -0.4 is 0 Å². The molecule has 1 nitrogen and oxygen atoms in total. The third-order valence-corrected chi connectivity index (χ3v) is 10.6. The van der Waals surface area contributed by atoms with E-state index in [1.165, 1.54) is 25.7 Å². The second kappa shape index (κ2) is 8.16. The average molecular weight is 443 g/mol. The number of fused-ring (bicyclic) bond motifs is 4. The second-order valence-corrected chi connectivity index (χ2v) is 12.7. The molecule has 4 aliphatic rings. The SMILES string of the molecule is C[C@H](CC#Cc1ccccc1)[C@H]1CCC2=C3C=C[C@H]4C(C)(C)[C@@H](O)CC[C@]4(C)[C@H]3CC[C@@]21C. The van der Waals surface area contributed by atoms with Crippen LogP contribution in [-0.4, -0.2) is 11.2 Å². The van der Waals surface area contributed by atoms with Gasteiger partial charge in [-0.05, 0) is 96.1 Å². The number of aliphatic hydroxyl groups is 1. The van der Waals surface area contributed by atoms with Crippen molar-refractivity contribution in [2.75, 3.05) is 0 Å². The Morgan fingerprint density at radius 1 is 1.03 bits per heavy atom. The minimum absolute atomic E-state index is 0.0371. The molecule has 7 atom stereocenters. The molecule has 2 fully saturated rings. The molecule has 2 saturated carbocycles. The molecule has 5 rings (SSSR count). The molecule has 0 unspecified atom stereocenters. The van der Waals surface area contributed by atoms with Gasteiger partial charge in [-0.1, -0.05) is 82.4 Å². The number of allylic oxidation sites excluding steroid dienone is 4. The Labute approximate surface area is 201 Å². The first-order valence-corrected chi connectivity index (χ1v) is 13.3. The Morgan fingerprint density at radius 3 is 2.55 bits per heavy atom. The smallest absolute Gasteiger partial charge is 0.0597 e. The molecule has 1 aromatic rings. The van der Waals surface area contributed by atoms with Gasteiger partial charge in [-0.15, -0.1) is 0 Å². The zero-order valence-electron chi connectivity index (χ0n) is 21.3. The van der Waals surface area contributed by atoms with Gasteiger partial charge in [0.25, 0.3) is 0 Å². The van der Waals surface area contributed by atoms with Crippen LogP contribution in [0.5, 0.6) is 0 Å². The monoisotopic (exact) mass is 442 g/mol. The van der Waals surface area contributed by atoms with Gasteiger partial charge >= 0.3 is 0 Å². The van der Waals surface area contributed by atoms with Crippen molar-refractivity contribution in [3.63, 3.8) is 0 Å². The van der Waals surface area contributed by atoms with Gasteiger partial charge in [-0.3, -0.25) is 0 Å². The van der Waals surface area contributed by atoms with E-state index in [1.807, 2.05) is 0 Å². The van der Waals surface area contributed by atoms with Crippen molar-refractivity contribution < 1.29 is 5.11 Å². The van der Waals surface area contributed by atoms with E-state index in [1.54, 1.807) is 11.1 Å². The summed E-state index contributed by atoms with van der Waals surface area (Å²) in [6.07, 6.45) is 13.1. The summed E-state index contributed by atoms with van der Waals surface area (Å²) in [4.78, 5) is 0. The highest BCUT2D eigenvalue weighted by molar-refractivity contribution is 5.43. The van der Waals surface area contributed by atoms with Crippen molar-refractivity contribution in [2.45, 2.75) is 85.7 Å². The van der Waals surface area contributed by atoms with Crippen molar-refractivity contribution >= 4 is 0 Å². The average Bonchev–Trinajstić information content (AvgIpc) is 3.15. The Balaban J connectivity index is 1.41. The Hall–Kier alpha value is -1.78. The Kier molecular flexibility index (Phi) is 5.69.